The number of nitriles is 1. The fourth-order valence-corrected chi connectivity index (χ4v) is 3.85. The first-order valence-electron chi connectivity index (χ1n) is 8.61. The summed E-state index contributed by atoms with van der Waals surface area (Å²) in [4.78, 5) is 24.9. The highest BCUT2D eigenvalue weighted by atomic mass is 16.5. The number of ether oxygens (including phenoxy) is 1. The lowest BCUT2D eigenvalue weighted by Crippen LogP contribution is -2.63. The van der Waals surface area contributed by atoms with E-state index in [1.165, 1.54) is 11.8 Å². The lowest BCUT2D eigenvalue weighted by Gasteiger charge is -2.44. The second-order valence-corrected chi connectivity index (χ2v) is 6.70. The van der Waals surface area contributed by atoms with Crippen molar-refractivity contribution in [2.24, 2.45) is 5.92 Å². The Kier molecular flexibility index (Phi) is 7.43. The summed E-state index contributed by atoms with van der Waals surface area (Å²) < 4.78 is 5.74. The molecule has 0 radical (unpaired) electrons. The minimum Gasteiger partial charge on any atom is -0.465 e. The van der Waals surface area contributed by atoms with Gasteiger partial charge in [-0.3, -0.25) is 9.69 Å². The molecule has 0 aromatic rings. The molecule has 2 amide bonds. The van der Waals surface area contributed by atoms with Gasteiger partial charge in [0.05, 0.1) is 23.8 Å². The molecule has 1 fully saturated rings. The van der Waals surface area contributed by atoms with Gasteiger partial charge in [-0.05, 0) is 26.7 Å². The first kappa shape index (κ1) is 21.0. The standard InChI is InChI=1S/C18H29N3O4/c1-6-8-13-10-14(11-19)21(17(23)24)15(13)16(20-12(3)22)18(4,25-5)9-7-2/h6,8,13-16H,7,9-10H2,1-5H3,(H,20,22)(H,23,24)/b8-6-/t13-,14-,15-,16-,18+/m1/s1. The predicted octanol–water partition coefficient (Wildman–Crippen LogP) is 2.53. The van der Waals surface area contributed by atoms with Crippen LogP contribution < -0.4 is 5.32 Å². The van der Waals surface area contributed by atoms with Crippen LogP contribution >= 0.6 is 0 Å². The van der Waals surface area contributed by atoms with E-state index in [4.69, 9.17) is 4.74 Å². The van der Waals surface area contributed by atoms with Gasteiger partial charge < -0.3 is 15.2 Å². The zero-order valence-corrected chi connectivity index (χ0v) is 15.7. The fraction of sp³-hybridized carbons (Fsp3) is 0.722. The number of carbonyl (C=O) groups excluding carboxylic acids is 1. The smallest absolute Gasteiger partial charge is 0.408 e. The highest BCUT2D eigenvalue weighted by Gasteiger charge is 2.52. The lowest BCUT2D eigenvalue weighted by atomic mass is 9.81. The molecule has 1 rings (SSSR count). The quantitative estimate of drug-likeness (QED) is 0.686. The zero-order chi connectivity index (χ0) is 19.2. The highest BCUT2D eigenvalue weighted by Crippen LogP contribution is 2.38. The average Bonchev–Trinajstić information content (AvgIpc) is 2.91. The van der Waals surface area contributed by atoms with Gasteiger partial charge in [-0.25, -0.2) is 4.79 Å². The Balaban J connectivity index is 3.45. The van der Waals surface area contributed by atoms with E-state index in [0.717, 1.165) is 6.42 Å². The molecule has 0 saturated carbocycles. The predicted molar refractivity (Wildman–Crippen MR) is 93.9 cm³/mol. The topological polar surface area (TPSA) is 103 Å². The van der Waals surface area contributed by atoms with Crippen LogP contribution in [0.3, 0.4) is 0 Å². The number of hydrogen-bond donors (Lipinski definition) is 2. The molecule has 0 aromatic heterocycles. The Labute approximate surface area is 149 Å². The average molecular weight is 351 g/mol. The van der Waals surface area contributed by atoms with Crippen molar-refractivity contribution in [1.82, 2.24) is 10.2 Å². The van der Waals surface area contributed by atoms with Crippen LogP contribution in [0.15, 0.2) is 12.2 Å². The molecular weight excluding hydrogens is 322 g/mol. The Bertz CT molecular complexity index is 557. The molecule has 0 spiro atoms. The van der Waals surface area contributed by atoms with Gasteiger partial charge in [-0.2, -0.15) is 5.26 Å². The number of methoxy groups -OCH3 is 1. The largest absolute Gasteiger partial charge is 0.465 e. The highest BCUT2D eigenvalue weighted by molar-refractivity contribution is 5.74. The van der Waals surface area contributed by atoms with Crippen LogP contribution in [0.4, 0.5) is 4.79 Å². The van der Waals surface area contributed by atoms with E-state index in [1.807, 2.05) is 32.9 Å². The molecule has 140 valence electrons. The molecule has 5 atom stereocenters. The van der Waals surface area contributed by atoms with Crippen molar-refractivity contribution >= 4 is 12.0 Å². The number of nitrogens with one attached hydrogen (secondary N) is 1. The maximum atomic E-state index is 11.9. The van der Waals surface area contributed by atoms with Gasteiger partial charge in [0, 0.05) is 20.0 Å². The maximum absolute atomic E-state index is 11.9. The fourth-order valence-electron chi connectivity index (χ4n) is 3.85. The van der Waals surface area contributed by atoms with Crippen molar-refractivity contribution in [3.8, 4) is 6.07 Å². The zero-order valence-electron chi connectivity index (χ0n) is 15.7. The van der Waals surface area contributed by atoms with Crippen molar-refractivity contribution in [3.63, 3.8) is 0 Å². The Morgan fingerprint density at radius 3 is 2.60 bits per heavy atom. The van der Waals surface area contributed by atoms with Crippen LogP contribution in [0.25, 0.3) is 0 Å². The number of nitrogens with zero attached hydrogens (tertiary/aromatic N) is 2. The molecule has 0 bridgehead atoms. The monoisotopic (exact) mass is 351 g/mol. The number of hydrogen-bond acceptors (Lipinski definition) is 4. The van der Waals surface area contributed by atoms with Crippen LogP contribution in [0.2, 0.25) is 0 Å². The maximum Gasteiger partial charge on any atom is 0.408 e. The molecule has 2 N–H and O–H groups in total. The lowest BCUT2D eigenvalue weighted by molar-refractivity contribution is -0.124. The first-order valence-corrected chi connectivity index (χ1v) is 8.61. The van der Waals surface area contributed by atoms with Crippen molar-refractivity contribution in [2.75, 3.05) is 7.11 Å². The third-order valence-corrected chi connectivity index (χ3v) is 4.97. The van der Waals surface area contributed by atoms with E-state index in [2.05, 4.69) is 11.4 Å². The van der Waals surface area contributed by atoms with Gasteiger partial charge in [0.1, 0.15) is 6.04 Å². The Morgan fingerprint density at radius 2 is 2.20 bits per heavy atom. The van der Waals surface area contributed by atoms with E-state index < -0.39 is 29.8 Å². The number of carbonyl (C=O) groups is 2. The first-order chi connectivity index (χ1) is 11.7. The van der Waals surface area contributed by atoms with Gasteiger partial charge in [0.2, 0.25) is 5.91 Å². The molecule has 1 aliphatic rings. The minimum atomic E-state index is -1.16. The Hall–Kier alpha value is -2.07. The van der Waals surface area contributed by atoms with Crippen LogP contribution in [-0.2, 0) is 9.53 Å². The molecule has 1 aliphatic heterocycles. The van der Waals surface area contributed by atoms with E-state index in [1.54, 1.807) is 7.11 Å². The SMILES string of the molecule is C/C=C\[C@@H]1C[C@H](C#N)N(C(=O)O)[C@H]1[C@@H](NC(C)=O)[C@](C)(CCC)OC. The minimum absolute atomic E-state index is 0.172. The van der Waals surface area contributed by atoms with E-state index in [9.17, 15) is 20.0 Å². The summed E-state index contributed by atoms with van der Waals surface area (Å²) in [5.74, 6) is -0.428. The summed E-state index contributed by atoms with van der Waals surface area (Å²) >= 11 is 0. The number of carboxylic acid groups (broad SMARTS) is 1. The molecule has 7 heteroatoms. The van der Waals surface area contributed by atoms with Crippen LogP contribution in [-0.4, -0.2) is 52.8 Å². The summed E-state index contributed by atoms with van der Waals surface area (Å²) in [5.41, 5.74) is -0.747. The molecule has 0 aliphatic carbocycles. The summed E-state index contributed by atoms with van der Waals surface area (Å²) in [6.07, 6.45) is 4.48. The third kappa shape index (κ3) is 4.51. The number of amides is 2. The van der Waals surface area contributed by atoms with Gasteiger partial charge in [-0.1, -0.05) is 25.5 Å². The number of allylic oxidation sites excluding steroid dienone is 1. The van der Waals surface area contributed by atoms with Gasteiger partial charge in [0.25, 0.3) is 0 Å². The van der Waals surface area contributed by atoms with Gasteiger partial charge in [0.15, 0.2) is 0 Å². The van der Waals surface area contributed by atoms with Crippen molar-refractivity contribution < 1.29 is 19.4 Å². The summed E-state index contributed by atoms with van der Waals surface area (Å²) in [6, 6.07) is 0.199. The summed E-state index contributed by atoms with van der Waals surface area (Å²) in [5, 5.41) is 22.0. The molecule has 1 heterocycles. The normalized spacial score (nSPS) is 26.9. The summed E-state index contributed by atoms with van der Waals surface area (Å²) in [6.45, 7) is 7.15. The van der Waals surface area contributed by atoms with Crippen molar-refractivity contribution in [3.05, 3.63) is 12.2 Å². The second-order valence-electron chi connectivity index (χ2n) is 6.70. The molecular formula is C18H29N3O4. The van der Waals surface area contributed by atoms with Crippen LogP contribution in [0.5, 0.6) is 0 Å². The van der Waals surface area contributed by atoms with E-state index >= 15 is 0 Å². The van der Waals surface area contributed by atoms with Crippen LogP contribution in [0.1, 0.15) is 47.0 Å². The molecule has 0 unspecified atom stereocenters. The molecule has 0 aromatic carbocycles. The van der Waals surface area contributed by atoms with Gasteiger partial charge in [-0.15, -0.1) is 0 Å². The van der Waals surface area contributed by atoms with Gasteiger partial charge >= 0.3 is 6.09 Å². The molecule has 25 heavy (non-hydrogen) atoms. The third-order valence-electron chi connectivity index (χ3n) is 4.97. The Morgan fingerprint density at radius 1 is 1.56 bits per heavy atom. The second kappa shape index (κ2) is 8.86. The van der Waals surface area contributed by atoms with E-state index in [0.29, 0.717) is 12.8 Å². The summed E-state index contributed by atoms with van der Waals surface area (Å²) in [7, 11) is 1.57. The molecule has 1 saturated heterocycles. The van der Waals surface area contributed by atoms with Crippen LogP contribution in [0, 0.1) is 17.2 Å². The number of rotatable bonds is 7. The van der Waals surface area contributed by atoms with E-state index in [-0.39, 0.29) is 11.8 Å². The number of likely N-dealkylation sites (tertiary alicyclic amines) is 1. The van der Waals surface area contributed by atoms with Crippen molar-refractivity contribution in [1.29, 1.82) is 5.26 Å². The van der Waals surface area contributed by atoms with Crippen molar-refractivity contribution in [2.45, 2.75) is 70.7 Å². The molecule has 7 nitrogen and oxygen atoms in total.